The van der Waals surface area contributed by atoms with Crippen LogP contribution in [0, 0.1) is 0 Å². The first-order chi connectivity index (χ1) is 8.63. The Bertz CT molecular complexity index is 559. The highest BCUT2D eigenvalue weighted by Gasteiger charge is 2.17. The molecule has 4 nitrogen and oxygen atoms in total. The molecule has 18 heavy (non-hydrogen) atoms. The molecule has 0 bridgehead atoms. The molecule has 0 saturated carbocycles. The molecule has 1 unspecified atom stereocenters. The second kappa shape index (κ2) is 5.21. The lowest BCUT2D eigenvalue weighted by Crippen LogP contribution is -1.97. The minimum absolute atomic E-state index is 0.199. The fraction of sp³-hybridized carbons (Fsp3) is 0.429. The van der Waals surface area contributed by atoms with E-state index < -0.39 is 5.97 Å². The third-order valence-corrected chi connectivity index (χ3v) is 3.08. The van der Waals surface area contributed by atoms with E-state index in [0.717, 1.165) is 19.3 Å². The van der Waals surface area contributed by atoms with Gasteiger partial charge in [-0.1, -0.05) is 32.8 Å². The Morgan fingerprint density at radius 3 is 2.94 bits per heavy atom. The molecular formula is C14H17NO3. The summed E-state index contributed by atoms with van der Waals surface area (Å²) in [7, 11) is 0. The van der Waals surface area contributed by atoms with Gasteiger partial charge in [-0.25, -0.2) is 9.78 Å². The Morgan fingerprint density at radius 1 is 1.50 bits per heavy atom. The van der Waals surface area contributed by atoms with Gasteiger partial charge in [-0.15, -0.1) is 0 Å². The molecule has 0 aliphatic rings. The first kappa shape index (κ1) is 12.6. The van der Waals surface area contributed by atoms with Crippen molar-refractivity contribution in [1.82, 2.24) is 4.98 Å². The van der Waals surface area contributed by atoms with Gasteiger partial charge in [0.15, 0.2) is 11.5 Å². The van der Waals surface area contributed by atoms with Crippen molar-refractivity contribution in [2.45, 2.75) is 39.0 Å². The van der Waals surface area contributed by atoms with E-state index >= 15 is 0 Å². The maximum Gasteiger partial charge on any atom is 0.338 e. The van der Waals surface area contributed by atoms with Crippen molar-refractivity contribution in [3.63, 3.8) is 0 Å². The third-order valence-electron chi connectivity index (χ3n) is 3.08. The van der Waals surface area contributed by atoms with Crippen LogP contribution < -0.4 is 0 Å². The molecule has 96 valence electrons. The zero-order chi connectivity index (χ0) is 13.1. The average molecular weight is 247 g/mol. The van der Waals surface area contributed by atoms with Gasteiger partial charge in [-0.2, -0.15) is 0 Å². The molecule has 1 heterocycles. The standard InChI is InChI=1S/C14H17NO3/c1-3-4-6-9(2)13-15-12-10(14(16)17)7-5-8-11(12)18-13/h5,7-9H,3-4,6H2,1-2H3,(H,16,17). The van der Waals surface area contributed by atoms with Crippen molar-refractivity contribution in [1.29, 1.82) is 0 Å². The molecule has 0 amide bonds. The van der Waals surface area contributed by atoms with Crippen LogP contribution in [0.5, 0.6) is 0 Å². The van der Waals surface area contributed by atoms with E-state index in [0.29, 0.717) is 17.0 Å². The molecule has 4 heteroatoms. The number of benzene rings is 1. The molecule has 0 spiro atoms. The van der Waals surface area contributed by atoms with Crippen molar-refractivity contribution in [2.24, 2.45) is 0 Å². The summed E-state index contributed by atoms with van der Waals surface area (Å²) in [5.74, 6) is -0.118. The Morgan fingerprint density at radius 2 is 2.28 bits per heavy atom. The second-order valence-electron chi connectivity index (χ2n) is 4.55. The lowest BCUT2D eigenvalue weighted by atomic mass is 10.0. The zero-order valence-electron chi connectivity index (χ0n) is 10.6. The highest BCUT2D eigenvalue weighted by molar-refractivity contribution is 6.00. The van der Waals surface area contributed by atoms with E-state index in [1.807, 2.05) is 0 Å². The Kier molecular flexibility index (Phi) is 3.65. The summed E-state index contributed by atoms with van der Waals surface area (Å²) in [4.78, 5) is 15.4. The number of hydrogen-bond acceptors (Lipinski definition) is 3. The molecule has 0 fully saturated rings. The van der Waals surface area contributed by atoms with Crippen LogP contribution in [0.15, 0.2) is 22.6 Å². The van der Waals surface area contributed by atoms with E-state index in [2.05, 4.69) is 18.8 Å². The highest BCUT2D eigenvalue weighted by Crippen LogP contribution is 2.26. The number of hydrogen-bond donors (Lipinski definition) is 1. The zero-order valence-corrected chi connectivity index (χ0v) is 10.6. The van der Waals surface area contributed by atoms with Crippen LogP contribution in [0.4, 0.5) is 0 Å². The van der Waals surface area contributed by atoms with Crippen molar-refractivity contribution in [3.05, 3.63) is 29.7 Å². The van der Waals surface area contributed by atoms with Gasteiger partial charge >= 0.3 is 5.97 Å². The van der Waals surface area contributed by atoms with Gasteiger partial charge in [-0.3, -0.25) is 0 Å². The van der Waals surface area contributed by atoms with Crippen molar-refractivity contribution in [2.75, 3.05) is 0 Å². The van der Waals surface area contributed by atoms with Crippen molar-refractivity contribution < 1.29 is 14.3 Å². The fourth-order valence-electron chi connectivity index (χ4n) is 1.98. The summed E-state index contributed by atoms with van der Waals surface area (Å²) in [6.07, 6.45) is 3.25. The van der Waals surface area contributed by atoms with Gasteiger partial charge in [0.25, 0.3) is 0 Å². The van der Waals surface area contributed by atoms with E-state index in [9.17, 15) is 4.79 Å². The Balaban J connectivity index is 2.38. The second-order valence-corrected chi connectivity index (χ2v) is 4.55. The minimum Gasteiger partial charge on any atom is -0.478 e. The highest BCUT2D eigenvalue weighted by atomic mass is 16.4. The van der Waals surface area contributed by atoms with Crippen LogP contribution in [-0.4, -0.2) is 16.1 Å². The maximum atomic E-state index is 11.1. The monoisotopic (exact) mass is 247 g/mol. The molecule has 1 aromatic carbocycles. The summed E-state index contributed by atoms with van der Waals surface area (Å²) in [6, 6.07) is 4.98. The smallest absolute Gasteiger partial charge is 0.338 e. The number of carbonyl (C=O) groups is 1. The molecule has 2 aromatic rings. The summed E-state index contributed by atoms with van der Waals surface area (Å²) < 4.78 is 5.64. The van der Waals surface area contributed by atoms with Crippen LogP contribution in [0.25, 0.3) is 11.1 Å². The lowest BCUT2D eigenvalue weighted by molar-refractivity contribution is 0.0699. The van der Waals surface area contributed by atoms with E-state index in [-0.39, 0.29) is 11.5 Å². The maximum absolute atomic E-state index is 11.1. The van der Waals surface area contributed by atoms with Crippen LogP contribution in [0.3, 0.4) is 0 Å². The SMILES string of the molecule is CCCCC(C)c1nc2c(C(=O)O)cccc2o1. The third kappa shape index (κ3) is 2.37. The average Bonchev–Trinajstić information content (AvgIpc) is 2.79. The number of para-hydroxylation sites is 1. The largest absolute Gasteiger partial charge is 0.478 e. The fourth-order valence-corrected chi connectivity index (χ4v) is 1.98. The first-order valence-corrected chi connectivity index (χ1v) is 6.26. The Hall–Kier alpha value is -1.84. The van der Waals surface area contributed by atoms with Crippen molar-refractivity contribution in [3.8, 4) is 0 Å². The number of carboxylic acid groups (broad SMARTS) is 1. The van der Waals surface area contributed by atoms with Gasteiger partial charge in [-0.05, 0) is 18.6 Å². The summed E-state index contributed by atoms with van der Waals surface area (Å²) in [6.45, 7) is 4.20. The quantitative estimate of drug-likeness (QED) is 0.872. The first-order valence-electron chi connectivity index (χ1n) is 6.26. The minimum atomic E-state index is -0.971. The summed E-state index contributed by atoms with van der Waals surface area (Å²) in [5, 5.41) is 9.09. The number of fused-ring (bicyclic) bond motifs is 1. The molecule has 0 saturated heterocycles. The number of rotatable bonds is 5. The molecule has 0 aliphatic carbocycles. The number of aromatic nitrogens is 1. The number of unbranched alkanes of at least 4 members (excludes halogenated alkanes) is 1. The van der Waals surface area contributed by atoms with Crippen LogP contribution in [0.2, 0.25) is 0 Å². The molecule has 1 aromatic heterocycles. The topological polar surface area (TPSA) is 63.3 Å². The Labute approximate surface area is 106 Å². The normalized spacial score (nSPS) is 12.8. The van der Waals surface area contributed by atoms with Crippen molar-refractivity contribution >= 4 is 17.1 Å². The van der Waals surface area contributed by atoms with E-state index in [1.54, 1.807) is 18.2 Å². The summed E-state index contributed by atoms with van der Waals surface area (Å²) >= 11 is 0. The molecule has 0 radical (unpaired) electrons. The van der Waals surface area contributed by atoms with Crippen LogP contribution in [-0.2, 0) is 0 Å². The van der Waals surface area contributed by atoms with Gasteiger partial charge in [0.2, 0.25) is 0 Å². The van der Waals surface area contributed by atoms with Gasteiger partial charge < -0.3 is 9.52 Å². The number of aromatic carboxylic acids is 1. The molecule has 1 atom stereocenters. The number of oxazole rings is 1. The van der Waals surface area contributed by atoms with E-state index in [1.165, 1.54) is 0 Å². The molecule has 1 N–H and O–H groups in total. The van der Waals surface area contributed by atoms with Gasteiger partial charge in [0.1, 0.15) is 5.52 Å². The molecule has 2 rings (SSSR count). The predicted octanol–water partition coefficient (Wildman–Crippen LogP) is 3.82. The van der Waals surface area contributed by atoms with Crippen LogP contribution >= 0.6 is 0 Å². The number of carboxylic acids is 1. The lowest BCUT2D eigenvalue weighted by Gasteiger charge is -2.04. The van der Waals surface area contributed by atoms with E-state index in [4.69, 9.17) is 9.52 Å². The molecular weight excluding hydrogens is 230 g/mol. The predicted molar refractivity (Wildman–Crippen MR) is 68.9 cm³/mol. The van der Waals surface area contributed by atoms with Crippen LogP contribution in [0.1, 0.15) is 55.3 Å². The molecule has 0 aliphatic heterocycles. The summed E-state index contributed by atoms with van der Waals surface area (Å²) in [5.41, 5.74) is 1.20. The number of nitrogens with zero attached hydrogens (tertiary/aromatic N) is 1. The van der Waals surface area contributed by atoms with Gasteiger partial charge in [0.05, 0.1) is 5.56 Å². The van der Waals surface area contributed by atoms with Gasteiger partial charge in [0, 0.05) is 5.92 Å².